The van der Waals surface area contributed by atoms with Gasteiger partial charge in [-0.05, 0) is 13.3 Å². The van der Waals surface area contributed by atoms with Crippen LogP contribution in [0.5, 0.6) is 0 Å². The van der Waals surface area contributed by atoms with Gasteiger partial charge in [0, 0.05) is 13.0 Å². The van der Waals surface area contributed by atoms with E-state index in [-0.39, 0.29) is 6.42 Å². The smallest absolute Gasteiger partial charge is 0.279 e. The Hall–Kier alpha value is -0.610. The minimum Gasteiger partial charge on any atom is -0.358 e. The van der Waals surface area contributed by atoms with Crippen molar-refractivity contribution in [2.75, 3.05) is 6.54 Å². The molecule has 0 aliphatic rings. The molecule has 0 fully saturated rings. The van der Waals surface area contributed by atoms with Gasteiger partial charge in [-0.2, -0.15) is 0 Å². The largest absolute Gasteiger partial charge is 0.358 e. The molecular weight excluding hydrogens is 158 g/mol. The lowest BCUT2D eigenvalue weighted by Crippen LogP contribution is -2.46. The molecule has 0 atom stereocenters. The summed E-state index contributed by atoms with van der Waals surface area (Å²) in [5.41, 5.74) is 0. The molecule has 1 amide bonds. The summed E-state index contributed by atoms with van der Waals surface area (Å²) in [7, 11) is 0. The molecular formula is C8H17NO3. The zero-order valence-corrected chi connectivity index (χ0v) is 7.63. The van der Waals surface area contributed by atoms with Crippen molar-refractivity contribution in [1.82, 2.24) is 5.32 Å². The number of hydrogen-bond acceptors (Lipinski definition) is 3. The maximum Gasteiger partial charge on any atom is 0.279 e. The van der Waals surface area contributed by atoms with Gasteiger partial charge < -0.3 is 15.5 Å². The van der Waals surface area contributed by atoms with Gasteiger partial charge in [-0.3, -0.25) is 4.79 Å². The Kier molecular flexibility index (Phi) is 4.85. The fourth-order valence-electron chi connectivity index (χ4n) is 0.839. The number of rotatable bonds is 5. The zero-order chi connectivity index (χ0) is 9.61. The normalized spacial score (nSPS) is 11.3. The zero-order valence-electron chi connectivity index (χ0n) is 7.63. The van der Waals surface area contributed by atoms with Gasteiger partial charge in [0.15, 0.2) is 0 Å². The molecule has 3 N–H and O–H groups in total. The van der Waals surface area contributed by atoms with Gasteiger partial charge in [0.2, 0.25) is 5.79 Å². The number of carbonyl (C=O) groups excluding carboxylic acids is 1. The van der Waals surface area contributed by atoms with Crippen LogP contribution in [0.1, 0.15) is 33.1 Å². The molecule has 0 aromatic heterocycles. The van der Waals surface area contributed by atoms with Crippen LogP contribution in [0.3, 0.4) is 0 Å². The molecule has 0 heterocycles. The van der Waals surface area contributed by atoms with E-state index in [1.54, 1.807) is 6.92 Å². The molecule has 0 aromatic carbocycles. The van der Waals surface area contributed by atoms with E-state index in [1.807, 2.05) is 6.92 Å². The molecule has 0 aliphatic heterocycles. The van der Waals surface area contributed by atoms with Crippen LogP contribution in [-0.2, 0) is 4.79 Å². The predicted octanol–water partition coefficient (Wildman–Crippen LogP) is -0.00640. The molecule has 4 heteroatoms. The van der Waals surface area contributed by atoms with E-state index in [1.165, 1.54) is 0 Å². The van der Waals surface area contributed by atoms with Crippen LogP contribution in [0.15, 0.2) is 0 Å². The third-order valence-electron chi connectivity index (χ3n) is 1.58. The van der Waals surface area contributed by atoms with Crippen molar-refractivity contribution in [3.05, 3.63) is 0 Å². The van der Waals surface area contributed by atoms with Crippen molar-refractivity contribution in [3.63, 3.8) is 0 Å². The average Bonchev–Trinajstić information content (AvgIpc) is 2.01. The predicted molar refractivity (Wildman–Crippen MR) is 45.4 cm³/mol. The summed E-state index contributed by atoms with van der Waals surface area (Å²) in [6, 6.07) is 0. The summed E-state index contributed by atoms with van der Waals surface area (Å²) in [5.74, 6) is -2.90. The maximum absolute atomic E-state index is 11.0. The Labute approximate surface area is 72.6 Å². The standard InChI is InChI=1S/C8H17NO3/c1-3-5-6-8(11,12)7(10)9-4-2/h11-12H,3-6H2,1-2H3,(H,9,10). The van der Waals surface area contributed by atoms with Gasteiger partial charge in [0.05, 0.1) is 0 Å². The number of unbranched alkanes of at least 4 members (excludes halogenated alkanes) is 1. The second kappa shape index (κ2) is 5.11. The summed E-state index contributed by atoms with van der Waals surface area (Å²) >= 11 is 0. The third kappa shape index (κ3) is 3.69. The molecule has 0 saturated carbocycles. The van der Waals surface area contributed by atoms with Gasteiger partial charge in [-0.15, -0.1) is 0 Å². The molecule has 0 aromatic rings. The highest BCUT2D eigenvalue weighted by Crippen LogP contribution is 2.10. The van der Waals surface area contributed by atoms with E-state index in [4.69, 9.17) is 0 Å². The Balaban J connectivity index is 3.90. The average molecular weight is 175 g/mol. The molecule has 0 rings (SSSR count). The Bertz CT molecular complexity index is 145. The van der Waals surface area contributed by atoms with Crippen molar-refractivity contribution >= 4 is 5.91 Å². The fraction of sp³-hybridized carbons (Fsp3) is 0.875. The van der Waals surface area contributed by atoms with Crippen LogP contribution in [-0.4, -0.2) is 28.5 Å². The lowest BCUT2D eigenvalue weighted by molar-refractivity contribution is -0.187. The molecule has 0 saturated heterocycles. The summed E-state index contributed by atoms with van der Waals surface area (Å²) in [5, 5.41) is 20.7. The summed E-state index contributed by atoms with van der Waals surface area (Å²) < 4.78 is 0. The quantitative estimate of drug-likeness (QED) is 0.515. The first-order valence-corrected chi connectivity index (χ1v) is 4.27. The maximum atomic E-state index is 11.0. The van der Waals surface area contributed by atoms with Crippen LogP contribution in [0.2, 0.25) is 0 Å². The minimum atomic E-state index is -2.19. The lowest BCUT2D eigenvalue weighted by atomic mass is 10.1. The Morgan fingerprint density at radius 2 is 2.00 bits per heavy atom. The van der Waals surface area contributed by atoms with Crippen molar-refractivity contribution in [1.29, 1.82) is 0 Å². The van der Waals surface area contributed by atoms with Crippen molar-refractivity contribution < 1.29 is 15.0 Å². The first-order chi connectivity index (χ1) is 5.54. The van der Waals surface area contributed by atoms with Crippen molar-refractivity contribution in [2.24, 2.45) is 0 Å². The Morgan fingerprint density at radius 1 is 1.42 bits per heavy atom. The van der Waals surface area contributed by atoms with Crippen molar-refractivity contribution in [2.45, 2.75) is 38.9 Å². The number of hydrogen-bond donors (Lipinski definition) is 3. The van der Waals surface area contributed by atoms with Gasteiger partial charge in [-0.1, -0.05) is 13.3 Å². The molecule has 4 nitrogen and oxygen atoms in total. The summed E-state index contributed by atoms with van der Waals surface area (Å²) in [6.45, 7) is 4.06. The fourth-order valence-corrected chi connectivity index (χ4v) is 0.839. The molecule has 0 spiro atoms. The molecule has 0 aliphatic carbocycles. The second-order valence-electron chi connectivity index (χ2n) is 2.78. The summed E-state index contributed by atoms with van der Waals surface area (Å²) in [4.78, 5) is 11.0. The highest BCUT2D eigenvalue weighted by atomic mass is 16.5. The van der Waals surface area contributed by atoms with Gasteiger partial charge in [-0.25, -0.2) is 0 Å². The highest BCUT2D eigenvalue weighted by Gasteiger charge is 2.31. The topological polar surface area (TPSA) is 69.6 Å². The van der Waals surface area contributed by atoms with E-state index < -0.39 is 11.7 Å². The minimum absolute atomic E-state index is 0.0926. The van der Waals surface area contributed by atoms with E-state index >= 15 is 0 Å². The van der Waals surface area contributed by atoms with E-state index in [0.29, 0.717) is 13.0 Å². The first kappa shape index (κ1) is 11.4. The van der Waals surface area contributed by atoms with Crippen LogP contribution in [0, 0.1) is 0 Å². The number of aliphatic hydroxyl groups is 2. The monoisotopic (exact) mass is 175 g/mol. The molecule has 0 radical (unpaired) electrons. The van der Waals surface area contributed by atoms with Crippen LogP contribution < -0.4 is 5.32 Å². The van der Waals surface area contributed by atoms with Gasteiger partial charge in [0.1, 0.15) is 0 Å². The number of carbonyl (C=O) groups is 1. The lowest BCUT2D eigenvalue weighted by Gasteiger charge is -2.19. The molecule has 72 valence electrons. The van der Waals surface area contributed by atoms with Crippen molar-refractivity contribution in [3.8, 4) is 0 Å². The number of amides is 1. The third-order valence-corrected chi connectivity index (χ3v) is 1.58. The van der Waals surface area contributed by atoms with Gasteiger partial charge >= 0.3 is 0 Å². The van der Waals surface area contributed by atoms with E-state index in [2.05, 4.69) is 5.32 Å². The first-order valence-electron chi connectivity index (χ1n) is 4.27. The van der Waals surface area contributed by atoms with Crippen LogP contribution in [0.25, 0.3) is 0 Å². The van der Waals surface area contributed by atoms with Gasteiger partial charge in [0.25, 0.3) is 5.91 Å². The van der Waals surface area contributed by atoms with E-state index in [9.17, 15) is 15.0 Å². The number of nitrogens with one attached hydrogen (secondary N) is 1. The highest BCUT2D eigenvalue weighted by molar-refractivity contribution is 5.82. The molecule has 0 bridgehead atoms. The molecule has 0 unspecified atom stereocenters. The Morgan fingerprint density at radius 3 is 2.42 bits per heavy atom. The SMILES string of the molecule is CCCCC(O)(O)C(=O)NCC. The second-order valence-corrected chi connectivity index (χ2v) is 2.78. The van der Waals surface area contributed by atoms with Crippen LogP contribution >= 0.6 is 0 Å². The van der Waals surface area contributed by atoms with Crippen LogP contribution in [0.4, 0.5) is 0 Å². The van der Waals surface area contributed by atoms with E-state index in [0.717, 1.165) is 6.42 Å². The number of likely N-dealkylation sites (N-methyl/N-ethyl adjacent to an activating group) is 1. The molecule has 12 heavy (non-hydrogen) atoms. The summed E-state index contributed by atoms with van der Waals surface area (Å²) in [6.07, 6.45) is 1.56.